The van der Waals surface area contributed by atoms with Crippen LogP contribution in [0, 0.1) is 0 Å². The number of likely N-dealkylation sites (N-methyl/N-ethyl adjacent to an activating group) is 1. The van der Waals surface area contributed by atoms with Gasteiger partial charge >= 0.3 is 0 Å². The van der Waals surface area contributed by atoms with Crippen molar-refractivity contribution in [3.05, 3.63) is 23.8 Å². The van der Waals surface area contributed by atoms with E-state index in [9.17, 15) is 4.79 Å². The summed E-state index contributed by atoms with van der Waals surface area (Å²) in [4.78, 5) is 14.4. The zero-order valence-electron chi connectivity index (χ0n) is 14.2. The third-order valence-electron chi connectivity index (χ3n) is 4.57. The molecule has 24 heavy (non-hydrogen) atoms. The molecule has 132 valence electrons. The van der Waals surface area contributed by atoms with Crippen molar-refractivity contribution in [2.75, 3.05) is 41.3 Å². The van der Waals surface area contributed by atoms with E-state index in [-0.39, 0.29) is 37.4 Å². The standard InChI is InChI=1S/C17H23NO6/c1-18(12-8-22-9-15(20-2)17(12)21-3)16(19)7-11-4-5-13-14(6-11)24-10-23-13/h4-6,12,15,17H,7-10H2,1-3H3/t12-,15-,17+/m1/s1. The Kier molecular flexibility index (Phi) is 5.23. The third-order valence-corrected chi connectivity index (χ3v) is 4.57. The number of carbonyl (C=O) groups is 1. The lowest BCUT2D eigenvalue weighted by molar-refractivity contribution is -0.164. The Hall–Kier alpha value is -1.83. The first kappa shape index (κ1) is 17.0. The Morgan fingerprint density at radius 2 is 2.00 bits per heavy atom. The second-order valence-corrected chi connectivity index (χ2v) is 5.95. The zero-order chi connectivity index (χ0) is 17.1. The number of nitrogens with zero attached hydrogens (tertiary/aromatic N) is 1. The average molecular weight is 337 g/mol. The summed E-state index contributed by atoms with van der Waals surface area (Å²) in [5.41, 5.74) is 0.880. The number of hydrogen-bond acceptors (Lipinski definition) is 6. The molecule has 2 heterocycles. The predicted molar refractivity (Wildman–Crippen MR) is 85.2 cm³/mol. The second-order valence-electron chi connectivity index (χ2n) is 5.95. The lowest BCUT2D eigenvalue weighted by atomic mass is 10.0. The van der Waals surface area contributed by atoms with Crippen molar-refractivity contribution in [3.8, 4) is 11.5 Å². The SMILES string of the molecule is CO[C@H]1[C@H](N(C)C(=O)Cc2ccc3c(c2)OCO3)COC[C@H]1OC. The van der Waals surface area contributed by atoms with Gasteiger partial charge in [-0.05, 0) is 17.7 Å². The quantitative estimate of drug-likeness (QED) is 0.793. The Morgan fingerprint density at radius 1 is 1.21 bits per heavy atom. The Labute approximate surface area is 141 Å². The topological polar surface area (TPSA) is 66.5 Å². The van der Waals surface area contributed by atoms with Crippen LogP contribution in [0.1, 0.15) is 5.56 Å². The third kappa shape index (κ3) is 3.33. The Morgan fingerprint density at radius 3 is 2.75 bits per heavy atom. The van der Waals surface area contributed by atoms with Gasteiger partial charge in [-0.25, -0.2) is 0 Å². The highest BCUT2D eigenvalue weighted by Crippen LogP contribution is 2.32. The average Bonchev–Trinajstić information content (AvgIpc) is 3.07. The van der Waals surface area contributed by atoms with E-state index in [1.54, 1.807) is 26.2 Å². The molecule has 0 N–H and O–H groups in total. The number of amides is 1. The molecular formula is C17H23NO6. The van der Waals surface area contributed by atoms with Gasteiger partial charge in [0.25, 0.3) is 0 Å². The maximum atomic E-state index is 12.7. The lowest BCUT2D eigenvalue weighted by Gasteiger charge is -2.40. The van der Waals surface area contributed by atoms with Crippen LogP contribution in [0.4, 0.5) is 0 Å². The van der Waals surface area contributed by atoms with Crippen LogP contribution < -0.4 is 9.47 Å². The van der Waals surface area contributed by atoms with Gasteiger partial charge in [0.2, 0.25) is 12.7 Å². The molecule has 0 unspecified atom stereocenters. The van der Waals surface area contributed by atoms with Crippen LogP contribution in [-0.4, -0.2) is 70.3 Å². The van der Waals surface area contributed by atoms with Crippen molar-refractivity contribution < 1.29 is 28.5 Å². The van der Waals surface area contributed by atoms with E-state index in [2.05, 4.69) is 0 Å². The number of fused-ring (bicyclic) bond motifs is 1. The maximum Gasteiger partial charge on any atom is 0.231 e. The van der Waals surface area contributed by atoms with E-state index in [1.807, 2.05) is 18.2 Å². The van der Waals surface area contributed by atoms with Gasteiger partial charge in [-0.1, -0.05) is 6.07 Å². The van der Waals surface area contributed by atoms with Gasteiger partial charge in [-0.3, -0.25) is 4.79 Å². The van der Waals surface area contributed by atoms with Crippen LogP contribution in [0.25, 0.3) is 0 Å². The minimum atomic E-state index is -0.213. The summed E-state index contributed by atoms with van der Waals surface area (Å²) in [7, 11) is 5.02. The molecule has 0 radical (unpaired) electrons. The summed E-state index contributed by atoms with van der Waals surface area (Å²) in [5, 5.41) is 0. The molecule has 0 saturated carbocycles. The van der Waals surface area contributed by atoms with Crippen molar-refractivity contribution >= 4 is 5.91 Å². The van der Waals surface area contributed by atoms with Crippen molar-refractivity contribution in [2.24, 2.45) is 0 Å². The number of rotatable bonds is 5. The molecule has 2 aliphatic rings. The zero-order valence-corrected chi connectivity index (χ0v) is 14.2. The Bertz CT molecular complexity index is 592. The van der Waals surface area contributed by atoms with Gasteiger partial charge < -0.3 is 28.6 Å². The van der Waals surface area contributed by atoms with Gasteiger partial charge in [0.15, 0.2) is 11.5 Å². The molecule has 0 aliphatic carbocycles. The number of ether oxygens (including phenoxy) is 5. The molecule has 3 rings (SSSR count). The molecule has 1 aromatic carbocycles. The Balaban J connectivity index is 1.67. The fourth-order valence-corrected chi connectivity index (χ4v) is 3.12. The van der Waals surface area contributed by atoms with Crippen LogP contribution in [0.15, 0.2) is 18.2 Å². The van der Waals surface area contributed by atoms with E-state index in [1.165, 1.54) is 0 Å². The van der Waals surface area contributed by atoms with Crippen LogP contribution >= 0.6 is 0 Å². The van der Waals surface area contributed by atoms with Gasteiger partial charge in [0, 0.05) is 21.3 Å². The van der Waals surface area contributed by atoms with Crippen LogP contribution in [0.5, 0.6) is 11.5 Å². The summed E-state index contributed by atoms with van der Waals surface area (Å²) in [6.45, 7) is 1.12. The molecule has 7 nitrogen and oxygen atoms in total. The van der Waals surface area contributed by atoms with Gasteiger partial charge in [0.05, 0.1) is 25.7 Å². The summed E-state index contributed by atoms with van der Waals surface area (Å²) in [6.07, 6.45) is -0.124. The molecule has 1 fully saturated rings. The number of carbonyl (C=O) groups excluding carboxylic acids is 1. The number of hydrogen-bond donors (Lipinski definition) is 0. The fraction of sp³-hybridized carbons (Fsp3) is 0.588. The van der Waals surface area contributed by atoms with Gasteiger partial charge in [-0.15, -0.1) is 0 Å². The molecule has 1 amide bonds. The van der Waals surface area contributed by atoms with E-state index < -0.39 is 0 Å². The summed E-state index contributed by atoms with van der Waals surface area (Å²) in [5.74, 6) is 1.38. The van der Waals surface area contributed by atoms with Gasteiger partial charge in [0.1, 0.15) is 12.2 Å². The van der Waals surface area contributed by atoms with Crippen molar-refractivity contribution in [1.82, 2.24) is 4.90 Å². The van der Waals surface area contributed by atoms with Crippen LogP contribution in [0.3, 0.4) is 0 Å². The minimum Gasteiger partial charge on any atom is -0.454 e. The molecule has 2 aliphatic heterocycles. The summed E-state index contributed by atoms with van der Waals surface area (Å²) in [6, 6.07) is 5.36. The fourth-order valence-electron chi connectivity index (χ4n) is 3.12. The molecule has 0 bridgehead atoms. The molecule has 1 aromatic rings. The first-order chi connectivity index (χ1) is 11.6. The first-order valence-electron chi connectivity index (χ1n) is 7.91. The minimum absolute atomic E-state index is 0.0127. The van der Waals surface area contributed by atoms with Crippen molar-refractivity contribution in [1.29, 1.82) is 0 Å². The molecular weight excluding hydrogens is 314 g/mol. The predicted octanol–water partition coefficient (Wildman–Crippen LogP) is 0.845. The molecule has 0 aromatic heterocycles. The first-order valence-corrected chi connectivity index (χ1v) is 7.91. The number of methoxy groups -OCH3 is 2. The highest BCUT2D eigenvalue weighted by molar-refractivity contribution is 5.79. The second kappa shape index (κ2) is 7.38. The van der Waals surface area contributed by atoms with E-state index in [4.69, 9.17) is 23.7 Å². The maximum absolute atomic E-state index is 12.7. The molecule has 7 heteroatoms. The van der Waals surface area contributed by atoms with E-state index in [0.29, 0.717) is 24.7 Å². The van der Waals surface area contributed by atoms with Crippen molar-refractivity contribution in [3.63, 3.8) is 0 Å². The van der Waals surface area contributed by atoms with Crippen LogP contribution in [0.2, 0.25) is 0 Å². The molecule has 0 spiro atoms. The lowest BCUT2D eigenvalue weighted by Crippen LogP contribution is -2.57. The highest BCUT2D eigenvalue weighted by atomic mass is 16.7. The summed E-state index contributed by atoms with van der Waals surface area (Å²) < 4.78 is 27.2. The van der Waals surface area contributed by atoms with E-state index >= 15 is 0 Å². The van der Waals surface area contributed by atoms with E-state index in [0.717, 1.165) is 5.56 Å². The highest BCUT2D eigenvalue weighted by Gasteiger charge is 2.38. The normalized spacial score (nSPS) is 25.5. The van der Waals surface area contributed by atoms with Crippen molar-refractivity contribution in [2.45, 2.75) is 24.7 Å². The monoisotopic (exact) mass is 337 g/mol. The van der Waals surface area contributed by atoms with Crippen LogP contribution in [-0.2, 0) is 25.4 Å². The summed E-state index contributed by atoms with van der Waals surface area (Å²) >= 11 is 0. The molecule has 3 atom stereocenters. The van der Waals surface area contributed by atoms with Gasteiger partial charge in [-0.2, -0.15) is 0 Å². The number of benzene rings is 1. The smallest absolute Gasteiger partial charge is 0.231 e. The molecule has 1 saturated heterocycles. The largest absolute Gasteiger partial charge is 0.454 e.